The Morgan fingerprint density at radius 3 is 2.86 bits per heavy atom. The predicted molar refractivity (Wildman–Crippen MR) is 54.1 cm³/mol. The third-order valence-electron chi connectivity index (χ3n) is 1.66. The van der Waals surface area contributed by atoms with Crippen molar-refractivity contribution in [3.63, 3.8) is 0 Å². The molecule has 0 heterocycles. The molecule has 4 nitrogen and oxygen atoms in total. The molecule has 3 N–H and O–H groups in total. The number of aliphatic carboxylic acids is 1. The molecule has 0 aliphatic carbocycles. The second-order valence-electron chi connectivity index (χ2n) is 2.67. The van der Waals surface area contributed by atoms with Gasteiger partial charge in [0.1, 0.15) is 5.75 Å². The fraction of sp³-hybridized carbons (Fsp3) is 0.100. The largest absolute Gasteiger partial charge is 0.496 e. The van der Waals surface area contributed by atoms with Crippen molar-refractivity contribution in [1.82, 2.24) is 0 Å². The van der Waals surface area contributed by atoms with Gasteiger partial charge < -0.3 is 15.6 Å². The van der Waals surface area contributed by atoms with Crippen molar-refractivity contribution >= 4 is 17.7 Å². The highest BCUT2D eigenvalue weighted by molar-refractivity contribution is 5.86. The van der Waals surface area contributed by atoms with Gasteiger partial charge in [0.2, 0.25) is 0 Å². The zero-order chi connectivity index (χ0) is 10.6. The molecule has 1 rings (SSSR count). The van der Waals surface area contributed by atoms with E-state index in [4.69, 9.17) is 15.6 Å². The first kappa shape index (κ1) is 10.1. The molecule has 0 aliphatic heterocycles. The van der Waals surface area contributed by atoms with Crippen molar-refractivity contribution in [3.8, 4) is 5.75 Å². The Kier molecular flexibility index (Phi) is 3.12. The molecule has 0 spiro atoms. The lowest BCUT2D eigenvalue weighted by atomic mass is 10.1. The lowest BCUT2D eigenvalue weighted by Crippen LogP contribution is -1.91. The zero-order valence-electron chi connectivity index (χ0n) is 7.73. The molecule has 14 heavy (non-hydrogen) atoms. The first-order valence-electron chi connectivity index (χ1n) is 3.98. The Morgan fingerprint density at radius 1 is 1.57 bits per heavy atom. The molecule has 1 aromatic carbocycles. The minimum atomic E-state index is -1.01. The summed E-state index contributed by atoms with van der Waals surface area (Å²) in [6.07, 6.45) is 2.48. The van der Waals surface area contributed by atoms with Gasteiger partial charge in [0.25, 0.3) is 0 Å². The van der Waals surface area contributed by atoms with Gasteiger partial charge in [-0.1, -0.05) is 0 Å². The highest BCUT2D eigenvalue weighted by Crippen LogP contribution is 2.22. The van der Waals surface area contributed by atoms with E-state index in [1.807, 2.05) is 0 Å². The van der Waals surface area contributed by atoms with Crippen molar-refractivity contribution in [3.05, 3.63) is 29.8 Å². The van der Waals surface area contributed by atoms with Gasteiger partial charge in [-0.15, -0.1) is 0 Å². The number of nitrogen functional groups attached to an aromatic ring is 1. The highest BCUT2D eigenvalue weighted by Gasteiger charge is 1.99. The number of rotatable bonds is 3. The lowest BCUT2D eigenvalue weighted by molar-refractivity contribution is -0.131. The summed E-state index contributed by atoms with van der Waals surface area (Å²) in [5, 5.41) is 8.45. The van der Waals surface area contributed by atoms with Crippen LogP contribution in [-0.4, -0.2) is 18.2 Å². The molecule has 0 saturated carbocycles. The summed E-state index contributed by atoms with van der Waals surface area (Å²) in [7, 11) is 1.52. The first-order chi connectivity index (χ1) is 6.63. The number of methoxy groups -OCH3 is 1. The number of carbonyl (C=O) groups is 1. The van der Waals surface area contributed by atoms with Crippen LogP contribution in [0.1, 0.15) is 5.56 Å². The summed E-state index contributed by atoms with van der Waals surface area (Å²) < 4.78 is 5.03. The second-order valence-corrected chi connectivity index (χ2v) is 2.67. The van der Waals surface area contributed by atoms with E-state index in [1.54, 1.807) is 18.2 Å². The van der Waals surface area contributed by atoms with E-state index < -0.39 is 5.97 Å². The summed E-state index contributed by atoms with van der Waals surface area (Å²) >= 11 is 0. The predicted octanol–water partition coefficient (Wildman–Crippen LogP) is 1.38. The monoisotopic (exact) mass is 193 g/mol. The molecule has 4 heteroatoms. The van der Waals surface area contributed by atoms with E-state index in [0.717, 1.165) is 6.08 Å². The van der Waals surface area contributed by atoms with Crippen LogP contribution >= 0.6 is 0 Å². The Morgan fingerprint density at radius 2 is 2.29 bits per heavy atom. The second kappa shape index (κ2) is 4.32. The van der Waals surface area contributed by atoms with Gasteiger partial charge in [-0.3, -0.25) is 0 Å². The molecular weight excluding hydrogens is 182 g/mol. The fourth-order valence-electron chi connectivity index (χ4n) is 1.04. The maximum Gasteiger partial charge on any atom is 0.328 e. The minimum absolute atomic E-state index is 0.566. The van der Waals surface area contributed by atoms with Gasteiger partial charge in [0, 0.05) is 17.3 Å². The standard InChI is InChI=1S/C10H11NO3/c1-14-9-4-3-8(11)6-7(9)2-5-10(12)13/h2-6H,11H2,1H3,(H,12,13)/b5-2+. The number of anilines is 1. The smallest absolute Gasteiger partial charge is 0.328 e. The number of benzene rings is 1. The normalized spacial score (nSPS) is 10.4. The van der Waals surface area contributed by atoms with Gasteiger partial charge in [-0.25, -0.2) is 4.79 Å². The Bertz CT molecular complexity index is 372. The van der Waals surface area contributed by atoms with E-state index in [-0.39, 0.29) is 0 Å². The molecule has 0 radical (unpaired) electrons. The van der Waals surface area contributed by atoms with Gasteiger partial charge in [-0.05, 0) is 24.3 Å². The number of carboxylic acid groups (broad SMARTS) is 1. The third-order valence-corrected chi connectivity index (χ3v) is 1.66. The Balaban J connectivity index is 3.04. The molecule has 0 aliphatic rings. The third kappa shape index (κ3) is 2.52. The molecule has 0 bridgehead atoms. The lowest BCUT2D eigenvalue weighted by Gasteiger charge is -2.04. The summed E-state index contributed by atoms with van der Waals surface area (Å²) in [5.74, 6) is -0.411. The van der Waals surface area contributed by atoms with Gasteiger partial charge in [0.05, 0.1) is 7.11 Å². The Labute approximate surface area is 81.6 Å². The van der Waals surface area contributed by atoms with E-state index >= 15 is 0 Å². The van der Waals surface area contributed by atoms with Crippen LogP contribution in [0.15, 0.2) is 24.3 Å². The minimum Gasteiger partial charge on any atom is -0.496 e. The van der Waals surface area contributed by atoms with Crippen LogP contribution in [0, 0.1) is 0 Å². The molecule has 1 aromatic rings. The number of nitrogens with two attached hydrogens (primary N) is 1. The summed E-state index contributed by atoms with van der Waals surface area (Å²) in [6, 6.07) is 5.03. The molecule has 0 atom stereocenters. The van der Waals surface area contributed by atoms with Crippen LogP contribution < -0.4 is 10.5 Å². The average molecular weight is 193 g/mol. The van der Waals surface area contributed by atoms with Gasteiger partial charge in [0.15, 0.2) is 0 Å². The number of hydrogen-bond acceptors (Lipinski definition) is 3. The van der Waals surface area contributed by atoms with E-state index in [2.05, 4.69) is 0 Å². The molecule has 0 saturated heterocycles. The van der Waals surface area contributed by atoms with Gasteiger partial charge >= 0.3 is 5.97 Å². The molecule has 0 amide bonds. The zero-order valence-corrected chi connectivity index (χ0v) is 7.73. The molecule has 0 unspecified atom stereocenters. The quantitative estimate of drug-likeness (QED) is 0.561. The number of carboxylic acids is 1. The van der Waals surface area contributed by atoms with Crippen LogP contribution in [0.5, 0.6) is 5.75 Å². The molecule has 0 aromatic heterocycles. The fourth-order valence-corrected chi connectivity index (χ4v) is 1.04. The van der Waals surface area contributed by atoms with E-state index in [0.29, 0.717) is 17.0 Å². The summed E-state index contributed by atoms with van der Waals surface area (Å²) in [5.41, 5.74) is 6.77. The van der Waals surface area contributed by atoms with Crippen molar-refractivity contribution in [1.29, 1.82) is 0 Å². The number of ether oxygens (including phenoxy) is 1. The maximum atomic E-state index is 10.3. The average Bonchev–Trinajstić information content (AvgIpc) is 2.15. The van der Waals surface area contributed by atoms with Crippen molar-refractivity contribution < 1.29 is 14.6 Å². The Hall–Kier alpha value is -1.97. The van der Waals surface area contributed by atoms with E-state index in [1.165, 1.54) is 13.2 Å². The van der Waals surface area contributed by atoms with Crippen molar-refractivity contribution in [2.24, 2.45) is 0 Å². The summed E-state index contributed by atoms with van der Waals surface area (Å²) in [4.78, 5) is 10.3. The summed E-state index contributed by atoms with van der Waals surface area (Å²) in [6.45, 7) is 0. The number of hydrogen-bond donors (Lipinski definition) is 2. The van der Waals surface area contributed by atoms with Crippen molar-refractivity contribution in [2.75, 3.05) is 12.8 Å². The van der Waals surface area contributed by atoms with Crippen LogP contribution in [0.25, 0.3) is 6.08 Å². The van der Waals surface area contributed by atoms with Gasteiger partial charge in [-0.2, -0.15) is 0 Å². The van der Waals surface area contributed by atoms with E-state index in [9.17, 15) is 4.79 Å². The molecule has 74 valence electrons. The highest BCUT2D eigenvalue weighted by atomic mass is 16.5. The van der Waals surface area contributed by atoms with Crippen LogP contribution in [0.3, 0.4) is 0 Å². The van der Waals surface area contributed by atoms with Crippen LogP contribution in [0.4, 0.5) is 5.69 Å². The van der Waals surface area contributed by atoms with Crippen molar-refractivity contribution in [2.45, 2.75) is 0 Å². The van der Waals surface area contributed by atoms with Crippen LogP contribution in [0.2, 0.25) is 0 Å². The molecule has 0 fully saturated rings. The first-order valence-corrected chi connectivity index (χ1v) is 3.98. The molecular formula is C10H11NO3. The topological polar surface area (TPSA) is 72.5 Å². The maximum absolute atomic E-state index is 10.3. The van der Waals surface area contributed by atoms with Crippen LogP contribution in [-0.2, 0) is 4.79 Å². The SMILES string of the molecule is COc1ccc(N)cc1/C=C/C(=O)O.